The Morgan fingerprint density at radius 1 is 1.32 bits per heavy atom. The van der Waals surface area contributed by atoms with Crippen molar-refractivity contribution in [1.82, 2.24) is 20.3 Å². The quantitative estimate of drug-likeness (QED) is 0.770. The maximum Gasteiger partial charge on any atom is 0.268 e. The first-order valence-electron chi connectivity index (χ1n) is 8.78. The number of nitrogens with zero attached hydrogens (tertiary/aromatic N) is 3. The van der Waals surface area contributed by atoms with Crippen LogP contribution < -0.4 is 10.2 Å². The number of anilines is 1. The summed E-state index contributed by atoms with van der Waals surface area (Å²) in [6.45, 7) is 5.98. The molecule has 3 heterocycles. The van der Waals surface area contributed by atoms with Crippen molar-refractivity contribution >= 4 is 11.9 Å². The lowest BCUT2D eigenvalue weighted by molar-refractivity contribution is 0.0939. The van der Waals surface area contributed by atoms with Crippen molar-refractivity contribution < 1.29 is 9.90 Å². The predicted molar refractivity (Wildman–Crippen MR) is 96.8 cm³/mol. The normalized spacial score (nSPS) is 14.6. The standard InChI is InChI=1S/C18H25N5O2/c1-12-15(13(2)21-16(12)17(25)19-8-11-24)14-6-7-20-18(22-14)23-9-4-3-5-10-23/h6-7,21,24H,3-5,8-11H2,1-2H3,(H,19,25). The van der Waals surface area contributed by atoms with Gasteiger partial charge in [0, 0.05) is 37.1 Å². The third-order valence-electron chi connectivity index (χ3n) is 4.60. The van der Waals surface area contributed by atoms with Crippen LogP contribution in [-0.4, -0.2) is 52.2 Å². The van der Waals surface area contributed by atoms with Gasteiger partial charge in [-0.1, -0.05) is 0 Å². The van der Waals surface area contributed by atoms with Gasteiger partial charge in [0.25, 0.3) is 5.91 Å². The second-order valence-electron chi connectivity index (χ2n) is 6.39. The molecule has 1 saturated heterocycles. The van der Waals surface area contributed by atoms with Crippen molar-refractivity contribution in [2.24, 2.45) is 0 Å². The first kappa shape index (κ1) is 17.4. The topological polar surface area (TPSA) is 94.1 Å². The van der Waals surface area contributed by atoms with Crippen LogP contribution in [0.2, 0.25) is 0 Å². The maximum absolute atomic E-state index is 12.2. The van der Waals surface area contributed by atoms with Crippen molar-refractivity contribution in [2.75, 3.05) is 31.1 Å². The summed E-state index contributed by atoms with van der Waals surface area (Å²) < 4.78 is 0. The number of aliphatic hydroxyl groups excluding tert-OH is 1. The van der Waals surface area contributed by atoms with Crippen LogP contribution in [0.3, 0.4) is 0 Å². The fourth-order valence-corrected chi connectivity index (χ4v) is 3.35. The smallest absolute Gasteiger partial charge is 0.268 e. The van der Waals surface area contributed by atoms with Gasteiger partial charge in [0.05, 0.1) is 12.3 Å². The number of H-pyrrole nitrogens is 1. The number of hydrogen-bond acceptors (Lipinski definition) is 5. The molecule has 0 aromatic carbocycles. The van der Waals surface area contributed by atoms with Crippen molar-refractivity contribution in [2.45, 2.75) is 33.1 Å². The Morgan fingerprint density at radius 2 is 2.08 bits per heavy atom. The number of carbonyl (C=O) groups excluding carboxylic acids is 1. The van der Waals surface area contributed by atoms with E-state index in [0.717, 1.165) is 41.6 Å². The average molecular weight is 343 g/mol. The fraction of sp³-hybridized carbons (Fsp3) is 0.500. The molecule has 1 fully saturated rings. The third-order valence-corrected chi connectivity index (χ3v) is 4.60. The SMILES string of the molecule is Cc1[nH]c(C(=O)NCCO)c(C)c1-c1ccnc(N2CCCCC2)n1. The first-order chi connectivity index (χ1) is 12.1. The molecule has 0 atom stereocenters. The highest BCUT2D eigenvalue weighted by molar-refractivity contribution is 5.96. The summed E-state index contributed by atoms with van der Waals surface area (Å²) in [7, 11) is 0. The number of aromatic nitrogens is 3. The van der Waals surface area contributed by atoms with E-state index in [1.165, 1.54) is 19.3 Å². The zero-order valence-corrected chi connectivity index (χ0v) is 14.8. The van der Waals surface area contributed by atoms with E-state index in [1.54, 1.807) is 6.20 Å². The van der Waals surface area contributed by atoms with Crippen LogP contribution in [0.4, 0.5) is 5.95 Å². The Morgan fingerprint density at radius 3 is 2.80 bits per heavy atom. The van der Waals surface area contributed by atoms with E-state index < -0.39 is 0 Å². The van der Waals surface area contributed by atoms with E-state index >= 15 is 0 Å². The van der Waals surface area contributed by atoms with Gasteiger partial charge in [0.1, 0.15) is 5.69 Å². The van der Waals surface area contributed by atoms with Crippen molar-refractivity contribution in [3.63, 3.8) is 0 Å². The minimum atomic E-state index is -0.216. The van der Waals surface area contributed by atoms with Crippen LogP contribution in [0.15, 0.2) is 12.3 Å². The molecular formula is C18H25N5O2. The molecule has 0 spiro atoms. The molecule has 1 aliphatic heterocycles. The highest BCUT2D eigenvalue weighted by atomic mass is 16.3. The summed E-state index contributed by atoms with van der Waals surface area (Å²) >= 11 is 0. The minimum absolute atomic E-state index is 0.0809. The van der Waals surface area contributed by atoms with Gasteiger partial charge in [-0.25, -0.2) is 9.97 Å². The molecule has 0 bridgehead atoms. The molecule has 2 aromatic heterocycles. The number of carbonyl (C=O) groups is 1. The van der Waals surface area contributed by atoms with E-state index in [2.05, 4.69) is 20.2 Å². The molecule has 3 rings (SSSR count). The zero-order valence-electron chi connectivity index (χ0n) is 14.8. The second kappa shape index (κ2) is 7.65. The summed E-state index contributed by atoms with van der Waals surface area (Å²) in [4.78, 5) is 26.8. The Labute approximate surface area is 147 Å². The van der Waals surface area contributed by atoms with Crippen molar-refractivity contribution in [3.05, 3.63) is 29.2 Å². The van der Waals surface area contributed by atoms with Crippen molar-refractivity contribution in [3.8, 4) is 11.3 Å². The van der Waals surface area contributed by atoms with Gasteiger partial charge in [-0.3, -0.25) is 4.79 Å². The van der Waals surface area contributed by atoms with Crippen LogP contribution in [-0.2, 0) is 0 Å². The van der Waals surface area contributed by atoms with E-state index in [0.29, 0.717) is 5.69 Å². The van der Waals surface area contributed by atoms with Gasteiger partial charge in [-0.15, -0.1) is 0 Å². The lowest BCUT2D eigenvalue weighted by Crippen LogP contribution is -2.31. The molecule has 2 aromatic rings. The minimum Gasteiger partial charge on any atom is -0.395 e. The monoisotopic (exact) mass is 343 g/mol. The fourth-order valence-electron chi connectivity index (χ4n) is 3.35. The molecule has 0 saturated carbocycles. The molecule has 7 heteroatoms. The van der Waals surface area contributed by atoms with Gasteiger partial charge in [0.2, 0.25) is 5.95 Å². The summed E-state index contributed by atoms with van der Waals surface area (Å²) in [5.41, 5.74) is 4.03. The van der Waals surface area contributed by atoms with Crippen molar-refractivity contribution in [1.29, 1.82) is 0 Å². The number of amides is 1. The first-order valence-corrected chi connectivity index (χ1v) is 8.78. The Balaban J connectivity index is 1.91. The summed E-state index contributed by atoms with van der Waals surface area (Å²) in [5, 5.41) is 11.6. The molecule has 7 nitrogen and oxygen atoms in total. The van der Waals surface area contributed by atoms with Crippen LogP contribution >= 0.6 is 0 Å². The molecule has 1 amide bonds. The van der Waals surface area contributed by atoms with Gasteiger partial charge in [-0.05, 0) is 44.7 Å². The van der Waals surface area contributed by atoms with E-state index in [1.807, 2.05) is 19.9 Å². The number of aromatic amines is 1. The van der Waals surface area contributed by atoms with E-state index in [-0.39, 0.29) is 19.1 Å². The third kappa shape index (κ3) is 3.66. The number of piperidine rings is 1. The van der Waals surface area contributed by atoms with E-state index in [9.17, 15) is 4.79 Å². The lowest BCUT2D eigenvalue weighted by atomic mass is 10.1. The number of rotatable bonds is 5. The molecule has 0 unspecified atom stereocenters. The van der Waals surface area contributed by atoms with Crippen LogP contribution in [0.1, 0.15) is 41.0 Å². The van der Waals surface area contributed by atoms with Gasteiger partial charge in [-0.2, -0.15) is 0 Å². The Hall–Kier alpha value is -2.41. The number of hydrogen-bond donors (Lipinski definition) is 3. The van der Waals surface area contributed by atoms with Crippen LogP contribution in [0.5, 0.6) is 0 Å². The molecular weight excluding hydrogens is 318 g/mol. The highest BCUT2D eigenvalue weighted by Crippen LogP contribution is 2.29. The summed E-state index contributed by atoms with van der Waals surface area (Å²) in [5.74, 6) is 0.537. The van der Waals surface area contributed by atoms with Gasteiger partial charge < -0.3 is 20.3 Å². The molecule has 0 aliphatic carbocycles. The lowest BCUT2D eigenvalue weighted by Gasteiger charge is -2.26. The van der Waals surface area contributed by atoms with Crippen LogP contribution in [0, 0.1) is 13.8 Å². The number of aliphatic hydroxyl groups is 1. The molecule has 25 heavy (non-hydrogen) atoms. The Bertz CT molecular complexity index is 750. The molecule has 1 aliphatic rings. The molecule has 0 radical (unpaired) electrons. The maximum atomic E-state index is 12.2. The highest BCUT2D eigenvalue weighted by Gasteiger charge is 2.20. The summed E-state index contributed by atoms with van der Waals surface area (Å²) in [6.07, 6.45) is 5.39. The number of aryl methyl sites for hydroxylation is 1. The van der Waals surface area contributed by atoms with Gasteiger partial charge in [0.15, 0.2) is 0 Å². The largest absolute Gasteiger partial charge is 0.395 e. The number of nitrogens with one attached hydrogen (secondary N) is 2. The Kier molecular flexibility index (Phi) is 5.33. The zero-order chi connectivity index (χ0) is 17.8. The second-order valence-corrected chi connectivity index (χ2v) is 6.39. The predicted octanol–water partition coefficient (Wildman–Crippen LogP) is 1.80. The molecule has 3 N–H and O–H groups in total. The van der Waals surface area contributed by atoms with Gasteiger partial charge >= 0.3 is 0 Å². The van der Waals surface area contributed by atoms with E-state index in [4.69, 9.17) is 10.1 Å². The molecule has 134 valence electrons. The summed E-state index contributed by atoms with van der Waals surface area (Å²) in [6, 6.07) is 1.88. The van der Waals surface area contributed by atoms with Crippen LogP contribution in [0.25, 0.3) is 11.3 Å². The average Bonchev–Trinajstić information content (AvgIpc) is 2.95.